The van der Waals surface area contributed by atoms with Crippen molar-refractivity contribution in [3.63, 3.8) is 0 Å². The molecule has 0 spiro atoms. The van der Waals surface area contributed by atoms with Crippen molar-refractivity contribution >= 4 is 23.1 Å². The van der Waals surface area contributed by atoms with E-state index in [1.165, 1.54) is 12.8 Å². The van der Waals surface area contributed by atoms with Gasteiger partial charge in [0, 0.05) is 12.6 Å². The van der Waals surface area contributed by atoms with Crippen LogP contribution < -0.4 is 4.90 Å². The molecule has 0 bridgehead atoms. The number of carboxylic acids is 1. The standard InChI is InChI=1S/C16H20N2O3/c1-10(2)7-8-18(12-4-5-12)16-17-13-6-3-11(15(19)20)9-14(13)21-16/h3,6,9-10,12H,4-5,7-8H2,1-2H3,(H,19,20). The highest BCUT2D eigenvalue weighted by Crippen LogP contribution is 2.33. The fourth-order valence-electron chi connectivity index (χ4n) is 2.39. The molecule has 0 radical (unpaired) electrons. The molecule has 1 saturated carbocycles. The number of rotatable bonds is 6. The lowest BCUT2D eigenvalue weighted by atomic mass is 10.1. The third-order valence-corrected chi connectivity index (χ3v) is 3.80. The lowest BCUT2D eigenvalue weighted by Crippen LogP contribution is -2.27. The minimum absolute atomic E-state index is 0.227. The van der Waals surface area contributed by atoms with Crippen LogP contribution in [0.15, 0.2) is 22.6 Å². The molecule has 0 amide bonds. The Kier molecular flexibility index (Phi) is 3.57. The average molecular weight is 288 g/mol. The number of aromatic carboxylic acids is 1. The van der Waals surface area contributed by atoms with E-state index in [1.807, 2.05) is 0 Å². The third-order valence-electron chi connectivity index (χ3n) is 3.80. The molecule has 3 rings (SSSR count). The first kappa shape index (κ1) is 13.9. The number of aromatic nitrogens is 1. The second-order valence-electron chi connectivity index (χ2n) is 6.09. The first-order chi connectivity index (χ1) is 10.0. The topological polar surface area (TPSA) is 66.6 Å². The Labute approximate surface area is 123 Å². The van der Waals surface area contributed by atoms with E-state index in [1.54, 1.807) is 18.2 Å². The summed E-state index contributed by atoms with van der Waals surface area (Å²) >= 11 is 0. The smallest absolute Gasteiger partial charge is 0.335 e. The van der Waals surface area contributed by atoms with Crippen molar-refractivity contribution in [2.24, 2.45) is 5.92 Å². The van der Waals surface area contributed by atoms with Crippen LogP contribution in [0.1, 0.15) is 43.5 Å². The number of carbonyl (C=O) groups is 1. The van der Waals surface area contributed by atoms with Crippen molar-refractivity contribution in [2.75, 3.05) is 11.4 Å². The highest BCUT2D eigenvalue weighted by Gasteiger charge is 2.32. The van der Waals surface area contributed by atoms with Crippen molar-refractivity contribution in [3.8, 4) is 0 Å². The van der Waals surface area contributed by atoms with Crippen molar-refractivity contribution in [2.45, 2.75) is 39.2 Å². The zero-order chi connectivity index (χ0) is 15.0. The monoisotopic (exact) mass is 288 g/mol. The lowest BCUT2D eigenvalue weighted by molar-refractivity contribution is 0.0697. The molecular weight excluding hydrogens is 268 g/mol. The molecule has 0 aliphatic heterocycles. The van der Waals surface area contributed by atoms with Gasteiger partial charge in [0.25, 0.3) is 6.01 Å². The molecule has 1 N–H and O–H groups in total. The van der Waals surface area contributed by atoms with Gasteiger partial charge in [-0.05, 0) is 43.4 Å². The van der Waals surface area contributed by atoms with Crippen LogP contribution in [0.5, 0.6) is 0 Å². The molecule has 5 heteroatoms. The van der Waals surface area contributed by atoms with Gasteiger partial charge in [0.1, 0.15) is 5.52 Å². The molecule has 1 aliphatic rings. The Hall–Kier alpha value is -2.04. The van der Waals surface area contributed by atoms with Gasteiger partial charge in [0.05, 0.1) is 5.56 Å². The van der Waals surface area contributed by atoms with Crippen molar-refractivity contribution in [1.29, 1.82) is 0 Å². The number of nitrogens with zero attached hydrogens (tertiary/aromatic N) is 2. The van der Waals surface area contributed by atoms with E-state index >= 15 is 0 Å². The summed E-state index contributed by atoms with van der Waals surface area (Å²) in [5.41, 5.74) is 1.48. The van der Waals surface area contributed by atoms with Crippen LogP contribution >= 0.6 is 0 Å². The summed E-state index contributed by atoms with van der Waals surface area (Å²) in [4.78, 5) is 17.8. The third kappa shape index (κ3) is 3.01. The van der Waals surface area contributed by atoms with E-state index in [9.17, 15) is 4.79 Å². The Balaban J connectivity index is 1.89. The van der Waals surface area contributed by atoms with Crippen molar-refractivity contribution < 1.29 is 14.3 Å². The van der Waals surface area contributed by atoms with Gasteiger partial charge in [0.2, 0.25) is 0 Å². The van der Waals surface area contributed by atoms with Crippen molar-refractivity contribution in [3.05, 3.63) is 23.8 Å². The molecule has 1 fully saturated rings. The first-order valence-corrected chi connectivity index (χ1v) is 7.45. The molecule has 2 aromatic rings. The number of carboxylic acid groups (broad SMARTS) is 1. The number of oxazole rings is 1. The molecule has 112 valence electrons. The Morgan fingerprint density at radius 2 is 2.24 bits per heavy atom. The first-order valence-electron chi connectivity index (χ1n) is 7.45. The van der Waals surface area contributed by atoms with E-state index in [4.69, 9.17) is 9.52 Å². The summed E-state index contributed by atoms with van der Waals surface area (Å²) < 4.78 is 5.81. The summed E-state index contributed by atoms with van der Waals surface area (Å²) in [5, 5.41) is 9.03. The number of anilines is 1. The van der Waals surface area contributed by atoms with Gasteiger partial charge in [-0.15, -0.1) is 0 Å². The summed E-state index contributed by atoms with van der Waals surface area (Å²) in [6.07, 6.45) is 3.45. The number of hydrogen-bond acceptors (Lipinski definition) is 4. The summed E-state index contributed by atoms with van der Waals surface area (Å²) in [5.74, 6) is -0.317. The maximum absolute atomic E-state index is 11.0. The van der Waals surface area contributed by atoms with E-state index in [0.717, 1.165) is 13.0 Å². The highest BCUT2D eigenvalue weighted by atomic mass is 16.4. The molecule has 1 aromatic carbocycles. The van der Waals surface area contributed by atoms with Gasteiger partial charge in [-0.1, -0.05) is 13.8 Å². The summed E-state index contributed by atoms with van der Waals surface area (Å²) in [6, 6.07) is 5.96. The predicted octanol–water partition coefficient (Wildman–Crippen LogP) is 3.54. The molecule has 21 heavy (non-hydrogen) atoms. The molecule has 1 aliphatic carbocycles. The summed E-state index contributed by atoms with van der Waals surface area (Å²) in [7, 11) is 0. The molecule has 5 nitrogen and oxygen atoms in total. The second-order valence-corrected chi connectivity index (χ2v) is 6.09. The van der Waals surface area contributed by atoms with Crippen LogP contribution in [0.25, 0.3) is 11.1 Å². The van der Waals surface area contributed by atoms with Crippen LogP contribution in [-0.2, 0) is 0 Å². The Bertz CT molecular complexity index is 659. The average Bonchev–Trinajstić information content (AvgIpc) is 3.17. The van der Waals surface area contributed by atoms with E-state index in [0.29, 0.717) is 29.1 Å². The fourth-order valence-corrected chi connectivity index (χ4v) is 2.39. The lowest BCUT2D eigenvalue weighted by Gasteiger charge is -2.20. The van der Waals surface area contributed by atoms with Crippen LogP contribution in [-0.4, -0.2) is 28.6 Å². The highest BCUT2D eigenvalue weighted by molar-refractivity contribution is 5.92. The van der Waals surface area contributed by atoms with Gasteiger partial charge in [0.15, 0.2) is 5.58 Å². The zero-order valence-corrected chi connectivity index (χ0v) is 12.4. The maximum Gasteiger partial charge on any atom is 0.335 e. The Morgan fingerprint density at radius 1 is 1.48 bits per heavy atom. The molecule has 1 heterocycles. The molecule has 1 aromatic heterocycles. The molecular formula is C16H20N2O3. The van der Waals surface area contributed by atoms with Crippen LogP contribution in [0.4, 0.5) is 6.01 Å². The van der Waals surface area contributed by atoms with Crippen LogP contribution in [0, 0.1) is 5.92 Å². The van der Waals surface area contributed by atoms with Gasteiger partial charge in [-0.2, -0.15) is 4.98 Å². The minimum atomic E-state index is -0.950. The normalized spacial score (nSPS) is 14.8. The van der Waals surface area contributed by atoms with Gasteiger partial charge in [-0.25, -0.2) is 4.79 Å². The zero-order valence-electron chi connectivity index (χ0n) is 12.4. The molecule has 0 unspecified atom stereocenters. The van der Waals surface area contributed by atoms with Crippen molar-refractivity contribution in [1.82, 2.24) is 4.98 Å². The largest absolute Gasteiger partial charge is 0.478 e. The maximum atomic E-state index is 11.0. The molecule has 0 saturated heterocycles. The van der Waals surface area contributed by atoms with Gasteiger partial charge < -0.3 is 14.4 Å². The number of fused-ring (bicyclic) bond motifs is 1. The SMILES string of the molecule is CC(C)CCN(c1nc2ccc(C(=O)O)cc2o1)C1CC1. The fraction of sp³-hybridized carbons (Fsp3) is 0.500. The van der Waals surface area contributed by atoms with Gasteiger partial charge in [-0.3, -0.25) is 0 Å². The van der Waals surface area contributed by atoms with E-state index in [-0.39, 0.29) is 5.56 Å². The summed E-state index contributed by atoms with van der Waals surface area (Å²) in [6.45, 7) is 5.34. The number of hydrogen-bond donors (Lipinski definition) is 1. The quantitative estimate of drug-likeness (QED) is 0.880. The predicted molar refractivity (Wildman–Crippen MR) is 80.8 cm³/mol. The van der Waals surface area contributed by atoms with Crippen LogP contribution in [0.3, 0.4) is 0 Å². The number of benzene rings is 1. The minimum Gasteiger partial charge on any atom is -0.478 e. The van der Waals surface area contributed by atoms with E-state index < -0.39 is 5.97 Å². The van der Waals surface area contributed by atoms with Crippen LogP contribution in [0.2, 0.25) is 0 Å². The Morgan fingerprint density at radius 3 is 2.86 bits per heavy atom. The van der Waals surface area contributed by atoms with E-state index in [2.05, 4.69) is 23.7 Å². The molecule has 0 atom stereocenters. The van der Waals surface area contributed by atoms with Gasteiger partial charge >= 0.3 is 5.97 Å². The second kappa shape index (κ2) is 5.39.